The number of nitro benzene ring substituents is 1. The highest BCUT2D eigenvalue weighted by atomic mass is 35.5. The molecule has 2 aromatic carbocycles. The van der Waals surface area contributed by atoms with E-state index in [1.54, 1.807) is 38.1 Å². The molecule has 0 saturated heterocycles. The lowest BCUT2D eigenvalue weighted by Crippen LogP contribution is -2.46. The van der Waals surface area contributed by atoms with Crippen LogP contribution in [0.4, 0.5) is 5.69 Å². The van der Waals surface area contributed by atoms with Gasteiger partial charge in [-0.25, -0.2) is 4.79 Å². The Hall–Kier alpha value is -3.17. The predicted molar refractivity (Wildman–Crippen MR) is 118 cm³/mol. The maximum Gasteiger partial charge on any atom is 0.329 e. The van der Waals surface area contributed by atoms with E-state index in [0.717, 1.165) is 17.7 Å². The molecule has 0 heterocycles. The number of halogens is 2. The minimum absolute atomic E-state index is 0.0311. The molecule has 2 N–H and O–H groups in total. The van der Waals surface area contributed by atoms with Crippen LogP contribution in [-0.2, 0) is 20.9 Å². The van der Waals surface area contributed by atoms with Crippen molar-refractivity contribution in [3.63, 3.8) is 0 Å². The fourth-order valence-electron chi connectivity index (χ4n) is 2.60. The molecule has 0 bridgehead atoms. The summed E-state index contributed by atoms with van der Waals surface area (Å²) in [4.78, 5) is 47.1. The molecule has 0 radical (unpaired) electrons. The Morgan fingerprint density at radius 3 is 2.31 bits per heavy atom. The number of non-ortho nitro benzene ring substituents is 1. The van der Waals surface area contributed by atoms with Crippen molar-refractivity contribution in [2.75, 3.05) is 6.61 Å². The van der Waals surface area contributed by atoms with Crippen molar-refractivity contribution in [2.45, 2.75) is 26.4 Å². The number of ether oxygens (including phenoxy) is 1. The van der Waals surface area contributed by atoms with Crippen LogP contribution in [0, 0.1) is 16.0 Å². The number of hydrogen-bond donors (Lipinski definition) is 2. The average molecular weight is 482 g/mol. The van der Waals surface area contributed by atoms with Gasteiger partial charge in [0.2, 0.25) is 0 Å². The molecule has 0 aliphatic rings. The van der Waals surface area contributed by atoms with Crippen molar-refractivity contribution in [1.82, 2.24) is 10.6 Å². The summed E-state index contributed by atoms with van der Waals surface area (Å²) in [6, 6.07) is 9.20. The number of carbonyl (C=O) groups excluding carboxylic acids is 3. The van der Waals surface area contributed by atoms with Crippen LogP contribution in [0.25, 0.3) is 0 Å². The van der Waals surface area contributed by atoms with Gasteiger partial charge >= 0.3 is 5.97 Å². The van der Waals surface area contributed by atoms with Gasteiger partial charge in [0, 0.05) is 23.7 Å². The first-order chi connectivity index (χ1) is 15.1. The molecule has 2 rings (SSSR count). The second-order valence-electron chi connectivity index (χ2n) is 7.13. The molecule has 1 unspecified atom stereocenters. The number of amides is 2. The number of nitro groups is 1. The Bertz CT molecular complexity index is 1010. The minimum atomic E-state index is -1.06. The summed E-state index contributed by atoms with van der Waals surface area (Å²) in [7, 11) is 0. The number of carbonyl (C=O) groups is 3. The van der Waals surface area contributed by atoms with Gasteiger partial charge in [-0.1, -0.05) is 49.2 Å². The predicted octanol–water partition coefficient (Wildman–Crippen LogP) is 3.52. The number of hydrogen-bond acceptors (Lipinski definition) is 6. The van der Waals surface area contributed by atoms with Gasteiger partial charge in [0.15, 0.2) is 6.61 Å². The van der Waals surface area contributed by atoms with E-state index in [2.05, 4.69) is 10.6 Å². The molecule has 11 heteroatoms. The topological polar surface area (TPSA) is 128 Å². The standard InChI is InChI=1S/C21H21Cl2N3O6/c1-12(2)19(25-20(28)16-8-7-15(26(30)31)9-17(16)23)21(29)32-11-18(27)24-10-13-3-5-14(22)6-4-13/h3-9,12,19H,10-11H2,1-2H3,(H,24,27)(H,25,28). The number of nitrogens with zero attached hydrogens (tertiary/aromatic N) is 1. The molecule has 2 amide bonds. The fourth-order valence-corrected chi connectivity index (χ4v) is 2.99. The van der Waals surface area contributed by atoms with Crippen LogP contribution in [0.15, 0.2) is 42.5 Å². The highest BCUT2D eigenvalue weighted by molar-refractivity contribution is 6.34. The molecule has 0 saturated carbocycles. The summed E-state index contributed by atoms with van der Waals surface area (Å²) in [5, 5.41) is 16.4. The first kappa shape index (κ1) is 25.1. The maximum atomic E-state index is 12.5. The minimum Gasteiger partial charge on any atom is -0.454 e. The Morgan fingerprint density at radius 2 is 1.75 bits per heavy atom. The highest BCUT2D eigenvalue weighted by Crippen LogP contribution is 2.22. The van der Waals surface area contributed by atoms with Crippen LogP contribution in [0.3, 0.4) is 0 Å². The molecule has 170 valence electrons. The second-order valence-corrected chi connectivity index (χ2v) is 7.97. The van der Waals surface area contributed by atoms with E-state index in [9.17, 15) is 24.5 Å². The third-order valence-corrected chi connectivity index (χ3v) is 4.93. The van der Waals surface area contributed by atoms with Gasteiger partial charge in [-0.3, -0.25) is 19.7 Å². The summed E-state index contributed by atoms with van der Waals surface area (Å²) < 4.78 is 5.04. The van der Waals surface area contributed by atoms with Crippen LogP contribution in [0.2, 0.25) is 10.0 Å². The SMILES string of the molecule is CC(C)C(NC(=O)c1ccc([N+](=O)[O-])cc1Cl)C(=O)OCC(=O)NCc1ccc(Cl)cc1. The van der Waals surface area contributed by atoms with E-state index in [1.807, 2.05) is 0 Å². The summed E-state index contributed by atoms with van der Waals surface area (Å²) in [6.07, 6.45) is 0. The largest absolute Gasteiger partial charge is 0.454 e. The van der Waals surface area contributed by atoms with Crippen LogP contribution < -0.4 is 10.6 Å². The lowest BCUT2D eigenvalue weighted by atomic mass is 10.0. The normalized spacial score (nSPS) is 11.5. The lowest BCUT2D eigenvalue weighted by molar-refractivity contribution is -0.384. The van der Waals surface area contributed by atoms with Gasteiger partial charge in [0.25, 0.3) is 17.5 Å². The molecule has 0 aliphatic carbocycles. The molecule has 9 nitrogen and oxygen atoms in total. The van der Waals surface area contributed by atoms with Crippen LogP contribution in [0.1, 0.15) is 29.8 Å². The monoisotopic (exact) mass is 481 g/mol. The molecular formula is C21H21Cl2N3O6. The van der Waals surface area contributed by atoms with Crippen molar-refractivity contribution < 1.29 is 24.0 Å². The van der Waals surface area contributed by atoms with E-state index in [4.69, 9.17) is 27.9 Å². The van der Waals surface area contributed by atoms with E-state index in [0.29, 0.717) is 5.02 Å². The molecule has 0 fully saturated rings. The molecular weight excluding hydrogens is 461 g/mol. The lowest BCUT2D eigenvalue weighted by Gasteiger charge is -2.21. The number of benzene rings is 2. The fraction of sp³-hybridized carbons (Fsp3) is 0.286. The zero-order chi connectivity index (χ0) is 23.8. The van der Waals surface area contributed by atoms with E-state index in [1.165, 1.54) is 6.07 Å². The van der Waals surface area contributed by atoms with E-state index < -0.39 is 35.4 Å². The Labute approximate surface area is 194 Å². The number of esters is 1. The van der Waals surface area contributed by atoms with Gasteiger partial charge in [-0.2, -0.15) is 0 Å². The third kappa shape index (κ3) is 7.21. The van der Waals surface area contributed by atoms with Gasteiger partial charge in [-0.05, 0) is 29.7 Å². The average Bonchev–Trinajstić information content (AvgIpc) is 2.74. The van der Waals surface area contributed by atoms with Crippen molar-refractivity contribution in [3.05, 3.63) is 73.8 Å². The molecule has 2 aromatic rings. The number of nitrogens with one attached hydrogen (secondary N) is 2. The summed E-state index contributed by atoms with van der Waals surface area (Å²) in [6.45, 7) is 3.08. The Balaban J connectivity index is 1.92. The zero-order valence-electron chi connectivity index (χ0n) is 17.3. The molecule has 1 atom stereocenters. The van der Waals surface area contributed by atoms with Crippen molar-refractivity contribution in [3.8, 4) is 0 Å². The van der Waals surface area contributed by atoms with Crippen LogP contribution in [-0.4, -0.2) is 35.4 Å². The second kappa shape index (κ2) is 11.4. The molecule has 32 heavy (non-hydrogen) atoms. The molecule has 0 aromatic heterocycles. The van der Waals surface area contributed by atoms with Crippen molar-refractivity contribution in [1.29, 1.82) is 0 Å². The van der Waals surface area contributed by atoms with Crippen molar-refractivity contribution >= 4 is 46.7 Å². The summed E-state index contributed by atoms with van der Waals surface area (Å²) in [5.74, 6) is -2.37. The first-order valence-electron chi connectivity index (χ1n) is 9.51. The van der Waals surface area contributed by atoms with Gasteiger partial charge < -0.3 is 15.4 Å². The Morgan fingerprint density at radius 1 is 1.09 bits per heavy atom. The maximum absolute atomic E-state index is 12.5. The van der Waals surface area contributed by atoms with Gasteiger partial charge in [0.1, 0.15) is 6.04 Å². The third-order valence-electron chi connectivity index (χ3n) is 4.36. The van der Waals surface area contributed by atoms with E-state index in [-0.39, 0.29) is 28.7 Å². The van der Waals surface area contributed by atoms with E-state index >= 15 is 0 Å². The molecule has 0 aliphatic heterocycles. The quantitative estimate of drug-likeness (QED) is 0.320. The summed E-state index contributed by atoms with van der Waals surface area (Å²) in [5.41, 5.74) is 0.522. The van der Waals surface area contributed by atoms with Gasteiger partial charge in [0.05, 0.1) is 15.5 Å². The highest BCUT2D eigenvalue weighted by Gasteiger charge is 2.28. The number of rotatable bonds is 9. The van der Waals surface area contributed by atoms with Gasteiger partial charge in [-0.15, -0.1) is 0 Å². The van der Waals surface area contributed by atoms with Crippen LogP contribution in [0.5, 0.6) is 0 Å². The zero-order valence-corrected chi connectivity index (χ0v) is 18.8. The summed E-state index contributed by atoms with van der Waals surface area (Å²) >= 11 is 11.8. The van der Waals surface area contributed by atoms with Crippen LogP contribution >= 0.6 is 23.2 Å². The van der Waals surface area contributed by atoms with Crippen molar-refractivity contribution in [2.24, 2.45) is 5.92 Å². The first-order valence-corrected chi connectivity index (χ1v) is 10.3. The smallest absolute Gasteiger partial charge is 0.329 e. The Kier molecular flexibility index (Phi) is 8.98. The molecule has 0 spiro atoms.